The van der Waals surface area contributed by atoms with Crippen molar-refractivity contribution < 1.29 is 13.2 Å². The quantitative estimate of drug-likeness (QED) is 0.513. The molecule has 1 aliphatic rings. The van der Waals surface area contributed by atoms with Crippen LogP contribution in [0.5, 0.6) is 0 Å². The van der Waals surface area contributed by atoms with Gasteiger partial charge in [-0.1, -0.05) is 12.1 Å². The fraction of sp³-hybridized carbons (Fsp3) is 0.348. The fourth-order valence-electron chi connectivity index (χ4n) is 3.23. The Bertz CT molecular complexity index is 1010. The maximum atomic E-state index is 13.0. The number of pyridine rings is 1. The van der Waals surface area contributed by atoms with E-state index < -0.39 is 11.7 Å². The van der Waals surface area contributed by atoms with Gasteiger partial charge in [-0.2, -0.15) is 13.2 Å². The van der Waals surface area contributed by atoms with Crippen LogP contribution in [0.1, 0.15) is 19.4 Å². The largest absolute Gasteiger partial charge is 0.416 e. The summed E-state index contributed by atoms with van der Waals surface area (Å²) in [7, 11) is 2.11. The predicted octanol–water partition coefficient (Wildman–Crippen LogP) is 4.68. The number of hydrogen-bond acceptors (Lipinski definition) is 4. The second-order valence-electron chi connectivity index (χ2n) is 7.65. The van der Waals surface area contributed by atoms with Gasteiger partial charge in [0.25, 0.3) is 0 Å². The lowest BCUT2D eigenvalue weighted by atomic mass is 10.2. The highest BCUT2D eigenvalue weighted by atomic mass is 19.4. The van der Waals surface area contributed by atoms with Crippen LogP contribution in [-0.2, 0) is 6.18 Å². The van der Waals surface area contributed by atoms with Gasteiger partial charge in [0.05, 0.1) is 17.4 Å². The number of likely N-dealkylation sites (N-methyl/N-ethyl adjacent to an activating group) is 1. The zero-order valence-corrected chi connectivity index (χ0v) is 18.9. The van der Waals surface area contributed by atoms with Gasteiger partial charge < -0.3 is 20.4 Å². The van der Waals surface area contributed by atoms with Crippen LogP contribution in [-0.4, -0.2) is 54.9 Å². The van der Waals surface area contributed by atoms with Crippen molar-refractivity contribution >= 4 is 29.0 Å². The Morgan fingerprint density at radius 2 is 1.85 bits per heavy atom. The van der Waals surface area contributed by atoms with Crippen molar-refractivity contribution in [2.75, 3.05) is 48.8 Å². The van der Waals surface area contributed by atoms with E-state index in [1.807, 2.05) is 19.1 Å². The van der Waals surface area contributed by atoms with Gasteiger partial charge in [-0.3, -0.25) is 0 Å². The Kier molecular flexibility index (Phi) is 8.05. The van der Waals surface area contributed by atoms with Gasteiger partial charge in [0.1, 0.15) is 11.7 Å². The second kappa shape index (κ2) is 11.0. The van der Waals surface area contributed by atoms with Crippen molar-refractivity contribution in [3.05, 3.63) is 60.4 Å². The minimum absolute atomic E-state index is 0.255. The summed E-state index contributed by atoms with van der Waals surface area (Å²) in [6.07, 6.45) is 0.710. The van der Waals surface area contributed by atoms with E-state index in [4.69, 9.17) is 0 Å². The van der Waals surface area contributed by atoms with Crippen molar-refractivity contribution in [1.29, 1.82) is 0 Å². The average Bonchev–Trinajstić information content (AvgIpc) is 2.78. The van der Waals surface area contributed by atoms with E-state index >= 15 is 0 Å². The highest BCUT2D eigenvalue weighted by Gasteiger charge is 2.30. The van der Waals surface area contributed by atoms with Crippen LogP contribution in [0.25, 0.3) is 0 Å². The molecule has 2 aromatic rings. The van der Waals surface area contributed by atoms with E-state index in [-0.39, 0.29) is 11.6 Å². The molecule has 0 saturated carbocycles. The molecular weight excluding hydrogens is 431 g/mol. The summed E-state index contributed by atoms with van der Waals surface area (Å²) in [5, 5.41) is 5.93. The van der Waals surface area contributed by atoms with Crippen LogP contribution in [0.4, 0.5) is 30.4 Å². The van der Waals surface area contributed by atoms with E-state index in [1.54, 1.807) is 31.5 Å². The summed E-state index contributed by atoms with van der Waals surface area (Å²) in [6, 6.07) is 8.79. The van der Waals surface area contributed by atoms with Crippen molar-refractivity contribution in [3.63, 3.8) is 0 Å². The summed E-state index contributed by atoms with van der Waals surface area (Å²) in [5.74, 6) is 1.19. The number of nitrogens with zero attached hydrogens (tertiary/aromatic N) is 5. The Hall–Kier alpha value is -3.40. The summed E-state index contributed by atoms with van der Waals surface area (Å²) >= 11 is 0. The third-order valence-electron chi connectivity index (χ3n) is 4.99. The van der Waals surface area contributed by atoms with Crippen LogP contribution in [0.3, 0.4) is 0 Å². The highest BCUT2D eigenvalue weighted by Crippen LogP contribution is 2.30. The third-order valence-corrected chi connectivity index (χ3v) is 4.99. The van der Waals surface area contributed by atoms with Crippen molar-refractivity contribution in [1.82, 2.24) is 9.88 Å². The first-order valence-corrected chi connectivity index (χ1v) is 10.6. The van der Waals surface area contributed by atoms with Crippen molar-refractivity contribution in [2.45, 2.75) is 20.0 Å². The van der Waals surface area contributed by atoms with Gasteiger partial charge in [-0.15, -0.1) is 0 Å². The number of amidine groups is 1. The molecule has 1 fully saturated rings. The van der Waals surface area contributed by atoms with E-state index in [0.717, 1.165) is 44.0 Å². The summed E-state index contributed by atoms with van der Waals surface area (Å²) in [5.41, 5.74) is 0.600. The zero-order chi connectivity index (χ0) is 23.8. The number of piperazine rings is 1. The SMILES string of the molecule is C/C=C/N=C(N=C(C)Nc1cccc(C(F)(F)F)c1)Nc1ccc(N2CCN(C)CC2)cn1. The topological polar surface area (TPSA) is 68.2 Å². The monoisotopic (exact) mass is 459 g/mol. The van der Waals surface area contributed by atoms with Gasteiger partial charge in [0.15, 0.2) is 0 Å². The molecule has 3 rings (SSSR count). The predicted molar refractivity (Wildman–Crippen MR) is 128 cm³/mol. The number of benzene rings is 1. The minimum Gasteiger partial charge on any atom is -0.368 e. The van der Waals surface area contributed by atoms with E-state index in [0.29, 0.717) is 11.7 Å². The van der Waals surface area contributed by atoms with Crippen molar-refractivity contribution in [3.8, 4) is 0 Å². The molecule has 0 aliphatic carbocycles. The Labute approximate surface area is 191 Å². The molecule has 1 aromatic carbocycles. The molecule has 7 nitrogen and oxygen atoms in total. The fourth-order valence-corrected chi connectivity index (χ4v) is 3.23. The molecule has 10 heteroatoms. The number of aliphatic imine (C=N–C) groups is 2. The molecule has 2 N–H and O–H groups in total. The molecule has 1 aromatic heterocycles. The van der Waals surface area contributed by atoms with E-state index in [9.17, 15) is 13.2 Å². The first-order valence-electron chi connectivity index (χ1n) is 10.6. The summed E-state index contributed by atoms with van der Waals surface area (Å²) in [6.45, 7) is 7.38. The molecule has 0 bridgehead atoms. The van der Waals surface area contributed by atoms with Crippen LogP contribution in [0.2, 0.25) is 0 Å². The van der Waals surface area contributed by atoms with Crippen LogP contribution in [0, 0.1) is 0 Å². The first-order chi connectivity index (χ1) is 15.7. The zero-order valence-electron chi connectivity index (χ0n) is 18.9. The highest BCUT2D eigenvalue weighted by molar-refractivity contribution is 6.06. The Morgan fingerprint density at radius 3 is 2.48 bits per heavy atom. The van der Waals surface area contributed by atoms with Gasteiger partial charge in [0.2, 0.25) is 5.96 Å². The van der Waals surface area contributed by atoms with Crippen LogP contribution in [0.15, 0.2) is 64.9 Å². The van der Waals surface area contributed by atoms with Gasteiger partial charge in [0, 0.05) is 38.1 Å². The minimum atomic E-state index is -4.41. The average molecular weight is 460 g/mol. The maximum absolute atomic E-state index is 13.0. The summed E-state index contributed by atoms with van der Waals surface area (Å²) < 4.78 is 38.9. The molecule has 0 amide bonds. The van der Waals surface area contributed by atoms with Crippen LogP contribution < -0.4 is 15.5 Å². The molecular formula is C23H28F3N7. The normalized spacial score (nSPS) is 16.4. The van der Waals surface area contributed by atoms with Gasteiger partial charge in [-0.05, 0) is 51.2 Å². The number of alkyl halides is 3. The molecule has 2 heterocycles. The first kappa shape index (κ1) is 24.2. The number of rotatable bonds is 4. The number of guanidine groups is 1. The number of nitrogens with one attached hydrogen (secondary N) is 2. The molecule has 1 aliphatic heterocycles. The standard InChI is InChI=1S/C23H28F3N7/c1-4-10-27-22(30-17(2)29-19-7-5-6-18(15-19)23(24,25)26)31-21-9-8-20(16-28-21)33-13-11-32(3)12-14-33/h4-10,15-16H,11-14H2,1-3H3,(H2,27,28,29,30,31)/b10-4+. The lowest BCUT2D eigenvalue weighted by Gasteiger charge is -2.33. The summed E-state index contributed by atoms with van der Waals surface area (Å²) in [4.78, 5) is 17.7. The number of anilines is 3. The van der Waals surface area contributed by atoms with Crippen molar-refractivity contribution in [2.24, 2.45) is 9.98 Å². The van der Waals surface area contributed by atoms with Gasteiger partial charge in [-0.25, -0.2) is 15.0 Å². The van der Waals surface area contributed by atoms with Crippen LogP contribution >= 0.6 is 0 Å². The molecule has 0 unspecified atom stereocenters. The Morgan fingerprint density at radius 1 is 1.09 bits per heavy atom. The Balaban J connectivity index is 1.70. The molecule has 0 spiro atoms. The second-order valence-corrected chi connectivity index (χ2v) is 7.65. The molecule has 0 radical (unpaired) electrons. The lowest BCUT2D eigenvalue weighted by Crippen LogP contribution is -2.44. The molecule has 0 atom stereocenters. The smallest absolute Gasteiger partial charge is 0.368 e. The lowest BCUT2D eigenvalue weighted by molar-refractivity contribution is -0.137. The van der Waals surface area contributed by atoms with Gasteiger partial charge >= 0.3 is 6.18 Å². The number of hydrogen-bond donors (Lipinski definition) is 2. The third kappa shape index (κ3) is 7.31. The number of allylic oxidation sites excluding steroid dienone is 1. The van der Waals surface area contributed by atoms with E-state index in [1.165, 1.54) is 6.07 Å². The molecule has 176 valence electrons. The number of aromatic nitrogens is 1. The molecule has 33 heavy (non-hydrogen) atoms. The van der Waals surface area contributed by atoms with E-state index in [2.05, 4.69) is 42.4 Å². The maximum Gasteiger partial charge on any atom is 0.416 e. The molecule has 1 saturated heterocycles. The number of halogens is 3.